The normalized spacial score (nSPS) is 10.3. The zero-order chi connectivity index (χ0) is 10.7. The number of thiophene rings is 1. The highest BCUT2D eigenvalue weighted by atomic mass is 32.1. The number of hydrogen-bond acceptors (Lipinski definition) is 2. The van der Waals surface area contributed by atoms with Gasteiger partial charge in [0, 0.05) is 17.6 Å². The Kier molecular flexibility index (Phi) is 3.07. The smallest absolute Gasteiger partial charge is 0.0376 e. The summed E-state index contributed by atoms with van der Waals surface area (Å²) in [6.45, 7) is 2.18. The summed E-state index contributed by atoms with van der Waals surface area (Å²) >= 11 is 1.78. The van der Waals surface area contributed by atoms with Crippen molar-refractivity contribution in [3.8, 4) is 10.4 Å². The first kappa shape index (κ1) is 10.2. The highest BCUT2D eigenvalue weighted by Crippen LogP contribution is 2.28. The van der Waals surface area contributed by atoms with Crippen LogP contribution in [0.3, 0.4) is 0 Å². The van der Waals surface area contributed by atoms with E-state index in [-0.39, 0.29) is 0 Å². The van der Waals surface area contributed by atoms with Crippen molar-refractivity contribution >= 4 is 17.0 Å². The van der Waals surface area contributed by atoms with E-state index in [4.69, 9.17) is 0 Å². The van der Waals surface area contributed by atoms with Gasteiger partial charge in [-0.15, -0.1) is 11.3 Å². The SMILES string of the molecule is CCc1ccc(-c2cccs2)cc1NC. The maximum atomic E-state index is 3.25. The second-order valence-electron chi connectivity index (χ2n) is 3.45. The average molecular weight is 217 g/mol. The van der Waals surface area contributed by atoms with Crippen LogP contribution in [-0.2, 0) is 6.42 Å². The van der Waals surface area contributed by atoms with Crippen molar-refractivity contribution in [3.63, 3.8) is 0 Å². The zero-order valence-electron chi connectivity index (χ0n) is 9.08. The predicted molar refractivity (Wildman–Crippen MR) is 68.7 cm³/mol. The fraction of sp³-hybridized carbons (Fsp3) is 0.231. The molecule has 0 radical (unpaired) electrons. The van der Waals surface area contributed by atoms with Crippen LogP contribution < -0.4 is 5.32 Å². The average Bonchev–Trinajstić information content (AvgIpc) is 2.81. The second kappa shape index (κ2) is 4.49. The van der Waals surface area contributed by atoms with Crippen LogP contribution in [0, 0.1) is 0 Å². The minimum atomic E-state index is 1.07. The Labute approximate surface area is 94.8 Å². The van der Waals surface area contributed by atoms with Gasteiger partial charge < -0.3 is 5.32 Å². The van der Waals surface area contributed by atoms with Gasteiger partial charge in [0.2, 0.25) is 0 Å². The number of aryl methyl sites for hydroxylation is 1. The lowest BCUT2D eigenvalue weighted by molar-refractivity contribution is 1.14. The summed E-state index contributed by atoms with van der Waals surface area (Å²) in [7, 11) is 1.98. The van der Waals surface area contributed by atoms with Crippen molar-refractivity contribution in [2.45, 2.75) is 13.3 Å². The molecular weight excluding hydrogens is 202 g/mol. The van der Waals surface area contributed by atoms with E-state index in [1.54, 1.807) is 11.3 Å². The molecular formula is C13H15NS. The molecule has 0 amide bonds. The summed E-state index contributed by atoms with van der Waals surface area (Å²) in [6.07, 6.45) is 1.07. The first-order chi connectivity index (χ1) is 7.35. The maximum absolute atomic E-state index is 3.25. The number of anilines is 1. The molecule has 78 valence electrons. The predicted octanol–water partition coefficient (Wildman–Crippen LogP) is 4.02. The van der Waals surface area contributed by atoms with Gasteiger partial charge in [-0.05, 0) is 35.1 Å². The maximum Gasteiger partial charge on any atom is 0.0376 e. The van der Waals surface area contributed by atoms with Crippen LogP contribution in [0.1, 0.15) is 12.5 Å². The molecule has 0 fully saturated rings. The summed E-state index contributed by atoms with van der Waals surface area (Å²) in [4.78, 5) is 1.33. The summed E-state index contributed by atoms with van der Waals surface area (Å²) in [5.41, 5.74) is 3.91. The first-order valence-electron chi connectivity index (χ1n) is 5.19. The Bertz CT molecular complexity index is 432. The van der Waals surface area contributed by atoms with Gasteiger partial charge >= 0.3 is 0 Å². The number of rotatable bonds is 3. The molecule has 2 rings (SSSR count). The van der Waals surface area contributed by atoms with Gasteiger partial charge in [0.1, 0.15) is 0 Å². The second-order valence-corrected chi connectivity index (χ2v) is 4.40. The van der Waals surface area contributed by atoms with Gasteiger partial charge in [0.05, 0.1) is 0 Å². The molecule has 0 saturated heterocycles. The van der Waals surface area contributed by atoms with Gasteiger partial charge in [-0.2, -0.15) is 0 Å². The van der Waals surface area contributed by atoms with Gasteiger partial charge in [-0.1, -0.05) is 25.1 Å². The third-order valence-electron chi connectivity index (χ3n) is 2.57. The molecule has 0 unspecified atom stereocenters. The fourth-order valence-electron chi connectivity index (χ4n) is 1.71. The molecule has 0 aliphatic carbocycles. The summed E-state index contributed by atoms with van der Waals surface area (Å²) in [5, 5.41) is 5.37. The van der Waals surface area contributed by atoms with E-state index in [0.29, 0.717) is 0 Å². The third kappa shape index (κ3) is 2.05. The van der Waals surface area contributed by atoms with E-state index in [2.05, 4.69) is 48.0 Å². The molecule has 0 spiro atoms. The van der Waals surface area contributed by atoms with Crippen LogP contribution in [0.25, 0.3) is 10.4 Å². The molecule has 2 heteroatoms. The van der Waals surface area contributed by atoms with Crippen LogP contribution >= 0.6 is 11.3 Å². The minimum absolute atomic E-state index is 1.07. The molecule has 0 atom stereocenters. The summed E-state index contributed by atoms with van der Waals surface area (Å²) in [6, 6.07) is 10.9. The fourth-order valence-corrected chi connectivity index (χ4v) is 2.44. The van der Waals surface area contributed by atoms with Crippen LogP contribution in [0.15, 0.2) is 35.7 Å². The van der Waals surface area contributed by atoms with E-state index >= 15 is 0 Å². The molecule has 0 aliphatic heterocycles. The van der Waals surface area contributed by atoms with Gasteiger partial charge in [-0.25, -0.2) is 0 Å². The Morgan fingerprint density at radius 3 is 2.73 bits per heavy atom. The van der Waals surface area contributed by atoms with Crippen molar-refractivity contribution < 1.29 is 0 Å². The molecule has 0 saturated carbocycles. The van der Waals surface area contributed by atoms with Crippen LogP contribution in [0.2, 0.25) is 0 Å². The van der Waals surface area contributed by atoms with Gasteiger partial charge in [0.15, 0.2) is 0 Å². The van der Waals surface area contributed by atoms with Crippen molar-refractivity contribution in [3.05, 3.63) is 41.3 Å². The quantitative estimate of drug-likeness (QED) is 0.818. The topological polar surface area (TPSA) is 12.0 Å². The minimum Gasteiger partial charge on any atom is -0.388 e. The van der Waals surface area contributed by atoms with Crippen LogP contribution in [0.5, 0.6) is 0 Å². The Morgan fingerprint density at radius 2 is 2.13 bits per heavy atom. The standard InChI is InChI=1S/C13H15NS/c1-3-10-6-7-11(9-12(10)14-2)13-5-4-8-15-13/h4-9,14H,3H2,1-2H3. The third-order valence-corrected chi connectivity index (χ3v) is 3.48. The number of nitrogens with one attached hydrogen (secondary N) is 1. The van der Waals surface area contributed by atoms with E-state index in [9.17, 15) is 0 Å². The Morgan fingerprint density at radius 1 is 1.27 bits per heavy atom. The Balaban J connectivity index is 2.43. The van der Waals surface area contributed by atoms with Crippen LogP contribution in [-0.4, -0.2) is 7.05 Å². The number of benzene rings is 1. The molecule has 1 aromatic heterocycles. The van der Waals surface area contributed by atoms with Gasteiger partial charge in [-0.3, -0.25) is 0 Å². The van der Waals surface area contributed by atoms with Crippen LogP contribution in [0.4, 0.5) is 5.69 Å². The molecule has 15 heavy (non-hydrogen) atoms. The Hall–Kier alpha value is -1.28. The molecule has 1 heterocycles. The molecule has 2 aromatic rings. The van der Waals surface area contributed by atoms with Gasteiger partial charge in [0.25, 0.3) is 0 Å². The van der Waals surface area contributed by atoms with E-state index in [1.807, 2.05) is 7.05 Å². The zero-order valence-corrected chi connectivity index (χ0v) is 9.90. The van der Waals surface area contributed by atoms with Crippen molar-refractivity contribution in [1.29, 1.82) is 0 Å². The highest BCUT2D eigenvalue weighted by Gasteiger charge is 2.03. The lowest BCUT2D eigenvalue weighted by atomic mass is 10.1. The molecule has 1 N–H and O–H groups in total. The number of hydrogen-bond donors (Lipinski definition) is 1. The molecule has 0 bridgehead atoms. The van der Waals surface area contributed by atoms with E-state index in [0.717, 1.165) is 6.42 Å². The monoisotopic (exact) mass is 217 g/mol. The molecule has 1 nitrogen and oxygen atoms in total. The summed E-state index contributed by atoms with van der Waals surface area (Å²) in [5.74, 6) is 0. The lowest BCUT2D eigenvalue weighted by Gasteiger charge is -2.08. The van der Waals surface area contributed by atoms with E-state index in [1.165, 1.54) is 21.7 Å². The highest BCUT2D eigenvalue weighted by molar-refractivity contribution is 7.13. The van der Waals surface area contributed by atoms with Crippen molar-refractivity contribution in [2.24, 2.45) is 0 Å². The lowest BCUT2D eigenvalue weighted by Crippen LogP contribution is -1.94. The van der Waals surface area contributed by atoms with E-state index < -0.39 is 0 Å². The van der Waals surface area contributed by atoms with Crippen molar-refractivity contribution in [1.82, 2.24) is 0 Å². The summed E-state index contributed by atoms with van der Waals surface area (Å²) < 4.78 is 0. The largest absolute Gasteiger partial charge is 0.388 e. The molecule has 0 aliphatic rings. The van der Waals surface area contributed by atoms with Crippen molar-refractivity contribution in [2.75, 3.05) is 12.4 Å². The molecule has 1 aromatic carbocycles. The first-order valence-corrected chi connectivity index (χ1v) is 6.07.